The van der Waals surface area contributed by atoms with Crippen molar-refractivity contribution in [2.24, 2.45) is 0 Å². The van der Waals surface area contributed by atoms with Crippen molar-refractivity contribution in [3.63, 3.8) is 0 Å². The molecule has 1 atom stereocenters. The van der Waals surface area contributed by atoms with Crippen molar-refractivity contribution in [3.05, 3.63) is 54.1 Å². The summed E-state index contributed by atoms with van der Waals surface area (Å²) in [6, 6.07) is 10.3. The van der Waals surface area contributed by atoms with E-state index in [1.54, 1.807) is 38.3 Å². The van der Waals surface area contributed by atoms with Gasteiger partial charge in [-0.2, -0.15) is 4.68 Å². The Bertz CT molecular complexity index is 949. The molecule has 1 heterocycles. The average Bonchev–Trinajstić information content (AvgIpc) is 3.12. The van der Waals surface area contributed by atoms with E-state index in [1.807, 2.05) is 0 Å². The number of amides is 1. The molecule has 7 nitrogen and oxygen atoms in total. The lowest BCUT2D eigenvalue weighted by molar-refractivity contribution is -0.115. The zero-order chi connectivity index (χ0) is 19.4. The zero-order valence-electron chi connectivity index (χ0n) is 14.4. The first-order valence-corrected chi connectivity index (χ1v) is 8.71. The summed E-state index contributed by atoms with van der Waals surface area (Å²) in [5, 5.41) is 13.9. The Morgan fingerprint density at radius 3 is 2.59 bits per heavy atom. The van der Waals surface area contributed by atoms with E-state index in [4.69, 9.17) is 4.74 Å². The Hall–Kier alpha value is -3.01. The first-order valence-electron chi connectivity index (χ1n) is 7.83. The summed E-state index contributed by atoms with van der Waals surface area (Å²) < 4.78 is 32.8. The van der Waals surface area contributed by atoms with E-state index < -0.39 is 22.8 Å². The second-order valence-corrected chi connectivity index (χ2v) is 6.76. The van der Waals surface area contributed by atoms with Gasteiger partial charge in [0.15, 0.2) is 11.6 Å². The third-order valence-corrected chi connectivity index (χ3v) is 4.63. The number of benzene rings is 2. The molecule has 1 unspecified atom stereocenters. The van der Waals surface area contributed by atoms with Gasteiger partial charge >= 0.3 is 0 Å². The van der Waals surface area contributed by atoms with Crippen LogP contribution in [0.25, 0.3) is 5.69 Å². The second-order valence-electron chi connectivity index (χ2n) is 5.45. The molecule has 2 aromatic carbocycles. The maximum atomic E-state index is 13.3. The number of thioether (sulfide) groups is 1. The van der Waals surface area contributed by atoms with Crippen LogP contribution < -0.4 is 10.1 Å². The van der Waals surface area contributed by atoms with E-state index in [2.05, 4.69) is 20.8 Å². The van der Waals surface area contributed by atoms with E-state index in [0.717, 1.165) is 23.9 Å². The predicted octanol–water partition coefficient (Wildman–Crippen LogP) is 3.07. The molecule has 0 saturated carbocycles. The fourth-order valence-electron chi connectivity index (χ4n) is 2.17. The van der Waals surface area contributed by atoms with Gasteiger partial charge in [-0.1, -0.05) is 11.8 Å². The largest absolute Gasteiger partial charge is 0.497 e. The summed E-state index contributed by atoms with van der Waals surface area (Å²) in [5.74, 6) is -1.71. The lowest BCUT2D eigenvalue weighted by Crippen LogP contribution is -2.23. The number of tetrazole rings is 1. The monoisotopic (exact) mass is 391 g/mol. The number of methoxy groups -OCH3 is 1. The quantitative estimate of drug-likeness (QED) is 0.651. The molecule has 3 aromatic rings. The minimum Gasteiger partial charge on any atom is -0.497 e. The van der Waals surface area contributed by atoms with Crippen LogP contribution in [0.1, 0.15) is 6.92 Å². The number of anilines is 1. The molecule has 3 rings (SSSR count). The Morgan fingerprint density at radius 1 is 1.19 bits per heavy atom. The second kappa shape index (κ2) is 8.12. The summed E-state index contributed by atoms with van der Waals surface area (Å²) in [7, 11) is 1.57. The van der Waals surface area contributed by atoms with E-state index in [9.17, 15) is 13.6 Å². The molecule has 0 spiro atoms. The van der Waals surface area contributed by atoms with Crippen LogP contribution in [-0.4, -0.2) is 38.5 Å². The number of rotatable bonds is 6. The van der Waals surface area contributed by atoms with Gasteiger partial charge in [-0.15, -0.1) is 5.10 Å². The molecule has 0 fully saturated rings. The number of hydrogen-bond acceptors (Lipinski definition) is 6. The summed E-state index contributed by atoms with van der Waals surface area (Å²) in [6.45, 7) is 1.66. The van der Waals surface area contributed by atoms with Gasteiger partial charge in [0.25, 0.3) is 0 Å². The summed E-state index contributed by atoms with van der Waals surface area (Å²) in [4.78, 5) is 12.3. The minimum atomic E-state index is -1.03. The van der Waals surface area contributed by atoms with E-state index in [0.29, 0.717) is 16.6 Å². The highest BCUT2D eigenvalue weighted by molar-refractivity contribution is 8.00. The van der Waals surface area contributed by atoms with Crippen molar-refractivity contribution >= 4 is 23.4 Å². The minimum absolute atomic E-state index is 0.168. The molecule has 140 valence electrons. The molecule has 0 bridgehead atoms. The van der Waals surface area contributed by atoms with Crippen molar-refractivity contribution in [1.29, 1.82) is 0 Å². The maximum absolute atomic E-state index is 13.3. The number of carbonyl (C=O) groups is 1. The van der Waals surface area contributed by atoms with Crippen LogP contribution in [0.15, 0.2) is 47.6 Å². The van der Waals surface area contributed by atoms with Crippen LogP contribution in [0, 0.1) is 11.6 Å². The molecular formula is C17H15F2N5O2S. The molecule has 27 heavy (non-hydrogen) atoms. The van der Waals surface area contributed by atoms with Crippen molar-refractivity contribution < 1.29 is 18.3 Å². The van der Waals surface area contributed by atoms with Crippen LogP contribution >= 0.6 is 11.8 Å². The van der Waals surface area contributed by atoms with Gasteiger partial charge in [0.1, 0.15) is 5.75 Å². The first-order chi connectivity index (χ1) is 13.0. The molecule has 0 aliphatic heterocycles. The van der Waals surface area contributed by atoms with Crippen LogP contribution in [0.4, 0.5) is 14.5 Å². The van der Waals surface area contributed by atoms with Crippen molar-refractivity contribution in [3.8, 4) is 11.4 Å². The zero-order valence-corrected chi connectivity index (χ0v) is 15.2. The average molecular weight is 391 g/mol. The fraction of sp³-hybridized carbons (Fsp3) is 0.176. The molecule has 1 N–H and O–H groups in total. The highest BCUT2D eigenvalue weighted by Gasteiger charge is 2.20. The number of aromatic nitrogens is 4. The van der Waals surface area contributed by atoms with Crippen molar-refractivity contribution in [1.82, 2.24) is 20.2 Å². The lowest BCUT2D eigenvalue weighted by Gasteiger charge is -2.12. The van der Waals surface area contributed by atoms with Gasteiger partial charge in [0.05, 0.1) is 18.0 Å². The van der Waals surface area contributed by atoms with Gasteiger partial charge < -0.3 is 10.1 Å². The molecule has 0 radical (unpaired) electrons. The standard InChI is InChI=1S/C17H15F2N5O2S/c1-10(16(25)20-11-3-8-14(18)15(19)9-11)27-17-21-22-23-24(17)12-4-6-13(26-2)7-5-12/h3-10H,1-2H3,(H,20,25). The Labute approximate surface area is 157 Å². The molecule has 0 aliphatic carbocycles. The maximum Gasteiger partial charge on any atom is 0.237 e. The smallest absolute Gasteiger partial charge is 0.237 e. The van der Waals surface area contributed by atoms with Crippen LogP contribution in [0.5, 0.6) is 5.75 Å². The number of hydrogen-bond donors (Lipinski definition) is 1. The molecule has 1 amide bonds. The Kier molecular flexibility index (Phi) is 5.65. The van der Waals surface area contributed by atoms with Gasteiger partial charge in [-0.25, -0.2) is 8.78 Å². The summed E-state index contributed by atoms with van der Waals surface area (Å²) in [5.41, 5.74) is 0.873. The van der Waals surface area contributed by atoms with E-state index in [1.165, 1.54) is 10.7 Å². The van der Waals surface area contributed by atoms with Gasteiger partial charge in [-0.05, 0) is 53.7 Å². The Balaban J connectivity index is 1.70. The lowest BCUT2D eigenvalue weighted by atomic mass is 10.3. The number of nitrogens with one attached hydrogen (secondary N) is 1. The molecule has 0 saturated heterocycles. The van der Waals surface area contributed by atoms with Crippen LogP contribution in [0.2, 0.25) is 0 Å². The number of ether oxygens (including phenoxy) is 1. The summed E-state index contributed by atoms with van der Waals surface area (Å²) >= 11 is 1.13. The topological polar surface area (TPSA) is 81.9 Å². The number of halogens is 2. The van der Waals surface area contributed by atoms with Gasteiger partial charge in [-0.3, -0.25) is 4.79 Å². The highest BCUT2D eigenvalue weighted by Crippen LogP contribution is 2.25. The number of nitrogens with zero attached hydrogens (tertiary/aromatic N) is 4. The van der Waals surface area contributed by atoms with Crippen molar-refractivity contribution in [2.75, 3.05) is 12.4 Å². The molecular weight excluding hydrogens is 376 g/mol. The normalized spacial score (nSPS) is 11.9. The third kappa shape index (κ3) is 4.40. The third-order valence-electron chi connectivity index (χ3n) is 3.60. The Morgan fingerprint density at radius 2 is 1.93 bits per heavy atom. The fourth-order valence-corrected chi connectivity index (χ4v) is 2.97. The van der Waals surface area contributed by atoms with Gasteiger partial charge in [0.2, 0.25) is 11.1 Å². The van der Waals surface area contributed by atoms with E-state index in [-0.39, 0.29) is 5.69 Å². The van der Waals surface area contributed by atoms with Crippen LogP contribution in [0.3, 0.4) is 0 Å². The first kappa shape index (κ1) is 18.8. The molecule has 10 heteroatoms. The van der Waals surface area contributed by atoms with Crippen LogP contribution in [-0.2, 0) is 4.79 Å². The predicted molar refractivity (Wildman–Crippen MR) is 96.0 cm³/mol. The molecule has 1 aromatic heterocycles. The summed E-state index contributed by atoms with van der Waals surface area (Å²) in [6.07, 6.45) is 0. The SMILES string of the molecule is COc1ccc(-n2nnnc2SC(C)C(=O)Nc2ccc(F)c(F)c2)cc1. The van der Waals surface area contributed by atoms with Crippen molar-refractivity contribution in [2.45, 2.75) is 17.3 Å². The van der Waals surface area contributed by atoms with E-state index >= 15 is 0 Å². The highest BCUT2D eigenvalue weighted by atomic mass is 32.2. The molecule has 0 aliphatic rings. The number of carbonyl (C=O) groups excluding carboxylic acids is 1. The van der Waals surface area contributed by atoms with Gasteiger partial charge in [0, 0.05) is 11.8 Å².